The van der Waals surface area contributed by atoms with E-state index in [4.69, 9.17) is 0 Å². The summed E-state index contributed by atoms with van der Waals surface area (Å²) in [6, 6.07) is 5.13. The summed E-state index contributed by atoms with van der Waals surface area (Å²) >= 11 is 0. The maximum absolute atomic E-state index is 12.8. The van der Waals surface area contributed by atoms with Crippen molar-refractivity contribution in [3.63, 3.8) is 0 Å². The van der Waals surface area contributed by atoms with Crippen LogP contribution >= 0.6 is 0 Å². The van der Waals surface area contributed by atoms with Crippen LogP contribution in [0.5, 0.6) is 0 Å². The highest BCUT2D eigenvalue weighted by Gasteiger charge is 2.36. The van der Waals surface area contributed by atoms with E-state index in [1.807, 2.05) is 0 Å². The molecule has 1 aliphatic carbocycles. The normalized spacial score (nSPS) is 26.3. The number of amides is 2. The average molecular weight is 382 g/mol. The molecule has 1 aromatic rings. The Balaban J connectivity index is 1.59. The highest BCUT2D eigenvalue weighted by molar-refractivity contribution is 5.89. The Hall–Kier alpha value is -2.05. The number of carbonyl (C=O) groups excluding carboxylic acids is 2. The molecule has 27 heavy (non-hydrogen) atoms. The lowest BCUT2D eigenvalue weighted by Crippen LogP contribution is -2.44. The van der Waals surface area contributed by atoms with Crippen molar-refractivity contribution in [2.75, 3.05) is 6.54 Å². The third-order valence-corrected chi connectivity index (χ3v) is 5.65. The minimum absolute atomic E-state index is 0.0896. The van der Waals surface area contributed by atoms with Crippen LogP contribution in [-0.4, -0.2) is 29.3 Å². The number of nitrogens with zero attached hydrogens (tertiary/aromatic N) is 1. The van der Waals surface area contributed by atoms with E-state index in [9.17, 15) is 22.8 Å². The maximum atomic E-state index is 12.8. The highest BCUT2D eigenvalue weighted by Crippen LogP contribution is 2.30. The van der Waals surface area contributed by atoms with Gasteiger partial charge in [0.1, 0.15) is 0 Å². The number of rotatable bonds is 4. The first-order valence-electron chi connectivity index (χ1n) is 9.48. The molecule has 2 amide bonds. The van der Waals surface area contributed by atoms with Gasteiger partial charge < -0.3 is 10.2 Å². The van der Waals surface area contributed by atoms with Gasteiger partial charge in [-0.1, -0.05) is 31.9 Å². The zero-order valence-corrected chi connectivity index (χ0v) is 15.4. The van der Waals surface area contributed by atoms with Crippen molar-refractivity contribution in [2.45, 2.75) is 57.8 Å². The Morgan fingerprint density at radius 2 is 2.00 bits per heavy atom. The zero-order valence-electron chi connectivity index (χ0n) is 15.4. The minimum Gasteiger partial charge on any atom is -0.353 e. The fourth-order valence-electron chi connectivity index (χ4n) is 4.00. The van der Waals surface area contributed by atoms with Gasteiger partial charge in [-0.05, 0) is 36.5 Å². The molecular weight excluding hydrogens is 357 g/mol. The molecule has 4 nitrogen and oxygen atoms in total. The fourth-order valence-corrected chi connectivity index (χ4v) is 4.00. The van der Waals surface area contributed by atoms with Gasteiger partial charge in [-0.25, -0.2) is 0 Å². The van der Waals surface area contributed by atoms with Crippen LogP contribution in [0.1, 0.15) is 50.2 Å². The second kappa shape index (κ2) is 7.90. The van der Waals surface area contributed by atoms with Crippen LogP contribution in [0.3, 0.4) is 0 Å². The van der Waals surface area contributed by atoms with Gasteiger partial charge in [0.2, 0.25) is 11.8 Å². The maximum Gasteiger partial charge on any atom is 0.416 e. The molecule has 1 aliphatic heterocycles. The van der Waals surface area contributed by atoms with Gasteiger partial charge in [0.15, 0.2) is 0 Å². The molecule has 3 unspecified atom stereocenters. The summed E-state index contributed by atoms with van der Waals surface area (Å²) in [7, 11) is 0. The Kier molecular flexibility index (Phi) is 5.77. The standard InChI is InChI=1S/C20H25F3N2O2/c1-13-5-2-3-8-17(13)24-19(27)15-10-18(26)25(12-15)11-14-6-4-7-16(9-14)20(21,22)23/h4,6-7,9,13,15,17H,2-3,5,8,10-12H2,1H3,(H,24,27). The van der Waals surface area contributed by atoms with Crippen LogP contribution in [0.4, 0.5) is 13.2 Å². The van der Waals surface area contributed by atoms with Crippen LogP contribution in [0, 0.1) is 11.8 Å². The Bertz CT molecular complexity index is 705. The van der Waals surface area contributed by atoms with Gasteiger partial charge in [0.25, 0.3) is 0 Å². The van der Waals surface area contributed by atoms with Crippen molar-refractivity contribution >= 4 is 11.8 Å². The first-order valence-corrected chi connectivity index (χ1v) is 9.48. The second-order valence-electron chi connectivity index (χ2n) is 7.75. The van der Waals surface area contributed by atoms with E-state index >= 15 is 0 Å². The van der Waals surface area contributed by atoms with Crippen molar-refractivity contribution in [1.29, 1.82) is 0 Å². The van der Waals surface area contributed by atoms with E-state index in [1.54, 1.807) is 6.07 Å². The molecule has 0 aromatic heterocycles. The van der Waals surface area contributed by atoms with E-state index in [0.717, 1.165) is 31.4 Å². The number of alkyl halides is 3. The monoisotopic (exact) mass is 382 g/mol. The van der Waals surface area contributed by atoms with Gasteiger partial charge in [0.05, 0.1) is 11.5 Å². The second-order valence-corrected chi connectivity index (χ2v) is 7.75. The van der Waals surface area contributed by atoms with Crippen molar-refractivity contribution < 1.29 is 22.8 Å². The third kappa shape index (κ3) is 4.82. The van der Waals surface area contributed by atoms with E-state index in [1.165, 1.54) is 17.4 Å². The Morgan fingerprint density at radius 1 is 1.26 bits per heavy atom. The lowest BCUT2D eigenvalue weighted by atomic mass is 9.85. The Labute approximate surface area is 157 Å². The SMILES string of the molecule is CC1CCCCC1NC(=O)C1CC(=O)N(Cc2cccc(C(F)(F)F)c2)C1. The molecule has 1 N–H and O–H groups in total. The average Bonchev–Trinajstić information content (AvgIpc) is 2.97. The van der Waals surface area contributed by atoms with Crippen molar-refractivity contribution in [2.24, 2.45) is 11.8 Å². The molecule has 148 valence electrons. The van der Waals surface area contributed by atoms with Crippen LogP contribution < -0.4 is 5.32 Å². The zero-order chi connectivity index (χ0) is 19.6. The summed E-state index contributed by atoms with van der Waals surface area (Å²) in [5.41, 5.74) is -0.313. The number of benzene rings is 1. The molecule has 0 spiro atoms. The lowest BCUT2D eigenvalue weighted by molar-refractivity contribution is -0.137. The first kappa shape index (κ1) is 19.7. The number of likely N-dealkylation sites (tertiary alicyclic amines) is 1. The summed E-state index contributed by atoms with van der Waals surface area (Å²) in [6.07, 6.45) is 0.0363. The van der Waals surface area contributed by atoms with E-state index in [2.05, 4.69) is 12.2 Å². The van der Waals surface area contributed by atoms with E-state index < -0.39 is 17.7 Å². The van der Waals surface area contributed by atoms with Gasteiger partial charge in [0, 0.05) is 25.6 Å². The van der Waals surface area contributed by atoms with Crippen molar-refractivity contribution in [3.05, 3.63) is 35.4 Å². The largest absolute Gasteiger partial charge is 0.416 e. The van der Waals surface area contributed by atoms with Gasteiger partial charge >= 0.3 is 6.18 Å². The smallest absolute Gasteiger partial charge is 0.353 e. The number of hydrogen-bond acceptors (Lipinski definition) is 2. The number of carbonyl (C=O) groups is 2. The molecule has 3 atom stereocenters. The predicted molar refractivity (Wildman–Crippen MR) is 94.5 cm³/mol. The first-order chi connectivity index (χ1) is 12.7. The molecule has 1 heterocycles. The molecule has 2 aliphatic rings. The van der Waals surface area contributed by atoms with Crippen LogP contribution in [-0.2, 0) is 22.3 Å². The van der Waals surface area contributed by atoms with Crippen molar-refractivity contribution in [1.82, 2.24) is 10.2 Å². The molecule has 0 bridgehead atoms. The van der Waals surface area contributed by atoms with Crippen molar-refractivity contribution in [3.8, 4) is 0 Å². The highest BCUT2D eigenvalue weighted by atomic mass is 19.4. The van der Waals surface area contributed by atoms with Crippen LogP contribution in [0.15, 0.2) is 24.3 Å². The fraction of sp³-hybridized carbons (Fsp3) is 0.600. The summed E-state index contributed by atoms with van der Waals surface area (Å²) in [5.74, 6) is -0.309. The van der Waals surface area contributed by atoms with Gasteiger partial charge in [-0.2, -0.15) is 13.2 Å². The summed E-state index contributed by atoms with van der Waals surface area (Å²) < 4.78 is 38.5. The minimum atomic E-state index is -4.41. The molecule has 3 rings (SSSR count). The summed E-state index contributed by atoms with van der Waals surface area (Å²) in [6.45, 7) is 2.47. The number of hydrogen-bond donors (Lipinski definition) is 1. The molecule has 1 saturated carbocycles. The number of nitrogens with one attached hydrogen (secondary N) is 1. The summed E-state index contributed by atoms with van der Waals surface area (Å²) in [4.78, 5) is 26.3. The molecule has 7 heteroatoms. The molecule has 1 aromatic carbocycles. The topological polar surface area (TPSA) is 49.4 Å². The van der Waals surface area contributed by atoms with Gasteiger partial charge in [-0.15, -0.1) is 0 Å². The lowest BCUT2D eigenvalue weighted by Gasteiger charge is -2.30. The predicted octanol–water partition coefficient (Wildman–Crippen LogP) is 3.75. The quantitative estimate of drug-likeness (QED) is 0.862. The van der Waals surface area contributed by atoms with E-state index in [-0.39, 0.29) is 37.4 Å². The Morgan fingerprint density at radius 3 is 2.70 bits per heavy atom. The molecule has 1 saturated heterocycles. The van der Waals surface area contributed by atoms with Crippen LogP contribution in [0.25, 0.3) is 0 Å². The summed E-state index contributed by atoms with van der Waals surface area (Å²) in [5, 5.41) is 3.08. The van der Waals surface area contributed by atoms with E-state index in [0.29, 0.717) is 11.5 Å². The third-order valence-electron chi connectivity index (χ3n) is 5.65. The molecule has 2 fully saturated rings. The molecular formula is C20H25F3N2O2. The molecule has 0 radical (unpaired) electrons. The van der Waals surface area contributed by atoms with Gasteiger partial charge in [-0.3, -0.25) is 9.59 Å². The number of halogens is 3. The van der Waals surface area contributed by atoms with Crippen LogP contribution in [0.2, 0.25) is 0 Å².